The Hall–Kier alpha value is -2.27. The maximum Gasteiger partial charge on any atom is 0.265 e. The quantitative estimate of drug-likeness (QED) is 0.793. The monoisotopic (exact) mass is 302 g/mol. The van der Waals surface area contributed by atoms with Crippen molar-refractivity contribution in [2.75, 3.05) is 11.9 Å². The van der Waals surface area contributed by atoms with Gasteiger partial charge in [-0.3, -0.25) is 4.40 Å². The fourth-order valence-electron chi connectivity index (χ4n) is 2.03. The van der Waals surface area contributed by atoms with Crippen LogP contribution in [0.25, 0.3) is 5.65 Å². The van der Waals surface area contributed by atoms with Crippen molar-refractivity contribution in [2.24, 2.45) is 0 Å². The molecule has 0 aliphatic carbocycles. The molecule has 2 heterocycles. The number of aryl methyl sites for hydroxylation is 1. The first kappa shape index (κ1) is 13.7. The molecule has 0 aliphatic rings. The van der Waals surface area contributed by atoms with E-state index in [0.717, 1.165) is 17.9 Å². The molecular formula is C15H15ClN4O. The molecule has 1 N–H and O–H groups in total. The maximum atomic E-state index is 6.03. The summed E-state index contributed by atoms with van der Waals surface area (Å²) >= 11 is 6.03. The molecule has 0 aliphatic heterocycles. The largest absolute Gasteiger partial charge is 0.436 e. The fourth-order valence-corrected chi connectivity index (χ4v) is 2.15. The minimum atomic E-state index is 0.458. The molecule has 0 saturated heterocycles. The van der Waals surface area contributed by atoms with Gasteiger partial charge < -0.3 is 10.1 Å². The first-order chi connectivity index (χ1) is 10.2. The standard InChI is InChI=1S/C15H15ClN4O/c1-3-17-13-9-20-7-6-18-14(20)15(19-13)21-11-4-5-12(16)10(2)8-11/h4-9,17H,3H2,1-2H3. The van der Waals surface area contributed by atoms with Crippen LogP contribution >= 0.6 is 11.6 Å². The molecule has 0 radical (unpaired) electrons. The van der Waals surface area contributed by atoms with E-state index < -0.39 is 0 Å². The number of rotatable bonds is 4. The highest BCUT2D eigenvalue weighted by atomic mass is 35.5. The summed E-state index contributed by atoms with van der Waals surface area (Å²) in [5.74, 6) is 1.88. The Balaban J connectivity index is 2.01. The van der Waals surface area contributed by atoms with Gasteiger partial charge in [-0.05, 0) is 37.6 Å². The fraction of sp³-hybridized carbons (Fsp3) is 0.200. The third-order valence-electron chi connectivity index (χ3n) is 3.05. The summed E-state index contributed by atoms with van der Waals surface area (Å²) < 4.78 is 7.76. The number of benzene rings is 1. The maximum absolute atomic E-state index is 6.03. The Kier molecular flexibility index (Phi) is 3.66. The van der Waals surface area contributed by atoms with Crippen LogP contribution in [-0.4, -0.2) is 20.9 Å². The zero-order valence-electron chi connectivity index (χ0n) is 11.8. The predicted octanol–water partition coefficient (Wildman–Crippen LogP) is 3.92. The summed E-state index contributed by atoms with van der Waals surface area (Å²) in [6.45, 7) is 4.73. The molecule has 3 rings (SSSR count). The van der Waals surface area contributed by atoms with Gasteiger partial charge in [0.1, 0.15) is 11.6 Å². The van der Waals surface area contributed by atoms with E-state index in [0.29, 0.717) is 22.3 Å². The number of anilines is 1. The van der Waals surface area contributed by atoms with Crippen LogP contribution < -0.4 is 10.1 Å². The number of aromatic nitrogens is 3. The summed E-state index contributed by atoms with van der Waals surface area (Å²) in [5, 5.41) is 3.89. The molecule has 0 spiro atoms. The molecule has 21 heavy (non-hydrogen) atoms. The molecule has 0 saturated carbocycles. The van der Waals surface area contributed by atoms with Crippen molar-refractivity contribution in [1.29, 1.82) is 0 Å². The van der Waals surface area contributed by atoms with Crippen LogP contribution in [0.3, 0.4) is 0 Å². The van der Waals surface area contributed by atoms with Crippen LogP contribution in [-0.2, 0) is 0 Å². The summed E-state index contributed by atoms with van der Waals surface area (Å²) in [6, 6.07) is 5.50. The number of nitrogens with one attached hydrogen (secondary N) is 1. The molecule has 0 bridgehead atoms. The van der Waals surface area contributed by atoms with E-state index in [1.165, 1.54) is 0 Å². The average molecular weight is 303 g/mol. The van der Waals surface area contributed by atoms with E-state index in [9.17, 15) is 0 Å². The third-order valence-corrected chi connectivity index (χ3v) is 3.47. The lowest BCUT2D eigenvalue weighted by Gasteiger charge is -2.10. The van der Waals surface area contributed by atoms with E-state index in [-0.39, 0.29) is 0 Å². The molecule has 6 heteroatoms. The smallest absolute Gasteiger partial charge is 0.265 e. The van der Waals surface area contributed by atoms with E-state index in [1.54, 1.807) is 6.20 Å². The van der Waals surface area contributed by atoms with Gasteiger partial charge >= 0.3 is 0 Å². The SMILES string of the molecule is CCNc1cn2ccnc2c(Oc2ccc(Cl)c(C)c2)n1. The van der Waals surface area contributed by atoms with Crippen LogP contribution in [0, 0.1) is 6.92 Å². The lowest BCUT2D eigenvalue weighted by atomic mass is 10.2. The molecule has 108 valence electrons. The van der Waals surface area contributed by atoms with E-state index in [1.807, 2.05) is 48.8 Å². The van der Waals surface area contributed by atoms with Gasteiger partial charge in [-0.2, -0.15) is 4.98 Å². The molecule has 0 amide bonds. The normalized spacial score (nSPS) is 10.8. The molecule has 1 aromatic carbocycles. The minimum absolute atomic E-state index is 0.458. The molecule has 2 aromatic heterocycles. The Labute approximate surface area is 127 Å². The van der Waals surface area contributed by atoms with Gasteiger partial charge in [0.15, 0.2) is 0 Å². The molecule has 0 atom stereocenters. The number of halogens is 1. The third kappa shape index (κ3) is 2.78. The summed E-state index contributed by atoms with van der Waals surface area (Å²) in [4.78, 5) is 8.74. The van der Waals surface area contributed by atoms with E-state index in [4.69, 9.17) is 16.3 Å². The summed E-state index contributed by atoms with van der Waals surface area (Å²) in [6.07, 6.45) is 5.45. The molecular weight excluding hydrogens is 288 g/mol. The number of nitrogens with zero attached hydrogens (tertiary/aromatic N) is 3. The number of hydrogen-bond acceptors (Lipinski definition) is 4. The van der Waals surface area contributed by atoms with Crippen molar-refractivity contribution in [1.82, 2.24) is 14.4 Å². The molecule has 0 fully saturated rings. The highest BCUT2D eigenvalue weighted by molar-refractivity contribution is 6.31. The Morgan fingerprint density at radius 3 is 3.00 bits per heavy atom. The van der Waals surface area contributed by atoms with Gasteiger partial charge in [-0.15, -0.1) is 0 Å². The Bertz CT molecular complexity index is 784. The molecule has 0 unspecified atom stereocenters. The lowest BCUT2D eigenvalue weighted by Crippen LogP contribution is -2.03. The zero-order chi connectivity index (χ0) is 14.8. The first-order valence-corrected chi connectivity index (χ1v) is 7.06. The highest BCUT2D eigenvalue weighted by Crippen LogP contribution is 2.27. The van der Waals surface area contributed by atoms with Crippen molar-refractivity contribution >= 4 is 23.1 Å². The topological polar surface area (TPSA) is 51.5 Å². The van der Waals surface area contributed by atoms with Crippen molar-refractivity contribution in [2.45, 2.75) is 13.8 Å². The van der Waals surface area contributed by atoms with Crippen LogP contribution in [0.1, 0.15) is 12.5 Å². The molecule has 3 aromatic rings. The van der Waals surface area contributed by atoms with Crippen LogP contribution in [0.5, 0.6) is 11.6 Å². The van der Waals surface area contributed by atoms with Gasteiger partial charge in [0.2, 0.25) is 5.65 Å². The summed E-state index contributed by atoms with van der Waals surface area (Å²) in [7, 11) is 0. The number of hydrogen-bond donors (Lipinski definition) is 1. The summed E-state index contributed by atoms with van der Waals surface area (Å²) in [5.41, 5.74) is 1.63. The van der Waals surface area contributed by atoms with Crippen LogP contribution in [0.4, 0.5) is 5.82 Å². The highest BCUT2D eigenvalue weighted by Gasteiger charge is 2.10. The Morgan fingerprint density at radius 2 is 2.24 bits per heavy atom. The van der Waals surface area contributed by atoms with Crippen molar-refractivity contribution in [3.63, 3.8) is 0 Å². The first-order valence-electron chi connectivity index (χ1n) is 6.69. The predicted molar refractivity (Wildman–Crippen MR) is 83.4 cm³/mol. The van der Waals surface area contributed by atoms with Crippen LogP contribution in [0.15, 0.2) is 36.8 Å². The van der Waals surface area contributed by atoms with Gasteiger partial charge in [0.05, 0.1) is 6.20 Å². The van der Waals surface area contributed by atoms with Gasteiger partial charge in [0.25, 0.3) is 5.88 Å². The van der Waals surface area contributed by atoms with Crippen molar-refractivity contribution in [3.8, 4) is 11.6 Å². The van der Waals surface area contributed by atoms with Gasteiger partial charge in [-0.1, -0.05) is 11.6 Å². The lowest BCUT2D eigenvalue weighted by molar-refractivity contribution is 0.465. The number of ether oxygens (including phenoxy) is 1. The number of fused-ring (bicyclic) bond motifs is 1. The average Bonchev–Trinajstić information content (AvgIpc) is 2.92. The van der Waals surface area contributed by atoms with E-state index in [2.05, 4.69) is 15.3 Å². The number of imidazole rings is 1. The van der Waals surface area contributed by atoms with Gasteiger partial charge in [-0.25, -0.2) is 4.98 Å². The zero-order valence-corrected chi connectivity index (χ0v) is 12.6. The minimum Gasteiger partial charge on any atom is -0.436 e. The Morgan fingerprint density at radius 1 is 1.38 bits per heavy atom. The van der Waals surface area contributed by atoms with E-state index >= 15 is 0 Å². The second-order valence-electron chi connectivity index (χ2n) is 4.63. The van der Waals surface area contributed by atoms with Crippen molar-refractivity contribution < 1.29 is 4.74 Å². The molecule has 5 nitrogen and oxygen atoms in total. The van der Waals surface area contributed by atoms with Crippen molar-refractivity contribution in [3.05, 3.63) is 47.4 Å². The van der Waals surface area contributed by atoms with Crippen LogP contribution in [0.2, 0.25) is 5.02 Å². The second-order valence-corrected chi connectivity index (χ2v) is 5.04. The second kappa shape index (κ2) is 5.61. The van der Waals surface area contributed by atoms with Gasteiger partial charge in [0, 0.05) is 24.0 Å².